The van der Waals surface area contributed by atoms with Crippen LogP contribution in [0.4, 0.5) is 0 Å². The van der Waals surface area contributed by atoms with Crippen molar-refractivity contribution in [3.63, 3.8) is 0 Å². The third-order valence-electron chi connectivity index (χ3n) is 7.08. The molecule has 44 heavy (non-hydrogen) atoms. The quantitative estimate of drug-likeness (QED) is 0.170. The smallest absolute Gasteiger partial charge is 0.338 e. The van der Waals surface area contributed by atoms with Gasteiger partial charge in [0.25, 0.3) is 5.56 Å². The van der Waals surface area contributed by atoms with E-state index in [0.29, 0.717) is 51.1 Å². The Labute approximate surface area is 259 Å². The van der Waals surface area contributed by atoms with Gasteiger partial charge in [-0.2, -0.15) is 0 Å². The highest BCUT2D eigenvalue weighted by atomic mass is 32.1. The number of aromatic nitrogens is 1. The van der Waals surface area contributed by atoms with Crippen LogP contribution in [-0.2, 0) is 16.1 Å². The van der Waals surface area contributed by atoms with E-state index in [0.717, 1.165) is 16.7 Å². The first kappa shape index (κ1) is 30.6. The second kappa shape index (κ2) is 13.6. The van der Waals surface area contributed by atoms with Gasteiger partial charge in [-0.1, -0.05) is 72.0 Å². The third-order valence-corrected chi connectivity index (χ3v) is 8.06. The van der Waals surface area contributed by atoms with Crippen LogP contribution in [0.5, 0.6) is 17.2 Å². The number of nitrogens with zero attached hydrogens (tertiary/aromatic N) is 2. The monoisotopic (exact) mass is 610 g/mol. The zero-order chi connectivity index (χ0) is 31.2. The Morgan fingerprint density at radius 2 is 1.77 bits per heavy atom. The van der Waals surface area contributed by atoms with E-state index >= 15 is 0 Å². The number of aryl methyl sites for hydroxylation is 1. The van der Waals surface area contributed by atoms with Gasteiger partial charge in [-0.3, -0.25) is 9.36 Å². The molecule has 0 spiro atoms. The number of fused-ring (bicyclic) bond motifs is 1. The van der Waals surface area contributed by atoms with Crippen LogP contribution < -0.4 is 29.1 Å². The Balaban J connectivity index is 1.52. The van der Waals surface area contributed by atoms with Crippen molar-refractivity contribution >= 4 is 23.4 Å². The van der Waals surface area contributed by atoms with Gasteiger partial charge in [-0.15, -0.1) is 0 Å². The lowest BCUT2D eigenvalue weighted by Crippen LogP contribution is -2.39. The predicted molar refractivity (Wildman–Crippen MR) is 171 cm³/mol. The fraction of sp³-hybridized carbons (Fsp3) is 0.229. The van der Waals surface area contributed by atoms with Crippen molar-refractivity contribution in [3.05, 3.63) is 133 Å². The van der Waals surface area contributed by atoms with Crippen LogP contribution in [0.15, 0.2) is 100 Å². The highest BCUT2D eigenvalue weighted by Gasteiger charge is 2.33. The first-order valence-electron chi connectivity index (χ1n) is 14.2. The summed E-state index contributed by atoms with van der Waals surface area (Å²) >= 11 is 1.26. The summed E-state index contributed by atoms with van der Waals surface area (Å²) in [5.41, 5.74) is 4.29. The fourth-order valence-corrected chi connectivity index (χ4v) is 5.94. The molecular formula is C35H34N2O6S. The molecule has 1 atom stereocenters. The van der Waals surface area contributed by atoms with Gasteiger partial charge >= 0.3 is 5.97 Å². The maximum absolute atomic E-state index is 14.0. The summed E-state index contributed by atoms with van der Waals surface area (Å²) in [5.74, 6) is 1.29. The minimum Gasteiger partial charge on any atom is -0.493 e. The standard InChI is InChI=1S/C35H34N2O6S/c1-6-18-42-27-15-13-26(14-16-27)32-31(34(39)41-7-2)23(4)36-35-37(32)33(38)30(44-35)20-25-12-17-28(29(19-25)40-5)43-21-24-10-8-22(3)9-11-24/h6,8-17,19-20,32H,1,7,18,21H2,2-5H3/b30-20-/t32-/m1/s1. The van der Waals surface area contributed by atoms with Gasteiger partial charge < -0.3 is 18.9 Å². The van der Waals surface area contributed by atoms with Gasteiger partial charge in [0.15, 0.2) is 16.3 Å². The number of methoxy groups -OCH3 is 1. The average molecular weight is 611 g/mol. The molecule has 226 valence electrons. The third kappa shape index (κ3) is 6.53. The minimum atomic E-state index is -0.715. The van der Waals surface area contributed by atoms with E-state index in [1.807, 2.05) is 73.7 Å². The van der Waals surface area contributed by atoms with Gasteiger partial charge in [-0.05, 0) is 67.8 Å². The number of benzene rings is 3. The molecule has 8 nitrogen and oxygen atoms in total. The maximum Gasteiger partial charge on any atom is 0.338 e. The van der Waals surface area contributed by atoms with Crippen molar-refractivity contribution in [2.45, 2.75) is 33.4 Å². The SMILES string of the molecule is C=CCOc1ccc([C@@H]2C(C(=O)OCC)=C(C)N=c3s/c(=C\c4ccc(OCc5ccc(C)cc5)c(OC)c4)c(=O)n32)cc1. The number of hydrogen-bond acceptors (Lipinski definition) is 8. The summed E-state index contributed by atoms with van der Waals surface area (Å²) < 4.78 is 24.7. The van der Waals surface area contributed by atoms with Crippen LogP contribution in [-0.4, -0.2) is 30.9 Å². The molecule has 9 heteroatoms. The molecule has 0 saturated heterocycles. The number of thiazole rings is 1. The normalized spacial score (nSPS) is 14.5. The summed E-state index contributed by atoms with van der Waals surface area (Å²) in [6.45, 7) is 10.2. The summed E-state index contributed by atoms with van der Waals surface area (Å²) in [4.78, 5) is 32.3. The van der Waals surface area contributed by atoms with E-state index in [9.17, 15) is 9.59 Å². The van der Waals surface area contributed by atoms with Crippen molar-refractivity contribution in [1.82, 2.24) is 4.57 Å². The van der Waals surface area contributed by atoms with Crippen LogP contribution in [0.1, 0.15) is 42.1 Å². The van der Waals surface area contributed by atoms with Crippen molar-refractivity contribution in [2.24, 2.45) is 4.99 Å². The molecule has 0 fully saturated rings. The first-order valence-corrected chi connectivity index (χ1v) is 15.0. The van der Waals surface area contributed by atoms with Crippen LogP contribution in [0.2, 0.25) is 0 Å². The van der Waals surface area contributed by atoms with Crippen molar-refractivity contribution in [1.29, 1.82) is 0 Å². The Morgan fingerprint density at radius 3 is 2.45 bits per heavy atom. The van der Waals surface area contributed by atoms with Crippen LogP contribution in [0, 0.1) is 6.92 Å². The Morgan fingerprint density at radius 1 is 1.02 bits per heavy atom. The van der Waals surface area contributed by atoms with E-state index in [1.54, 1.807) is 37.7 Å². The van der Waals surface area contributed by atoms with Gasteiger partial charge in [0, 0.05) is 0 Å². The topological polar surface area (TPSA) is 88.4 Å². The molecule has 0 saturated carbocycles. The summed E-state index contributed by atoms with van der Waals surface area (Å²) in [6.07, 6.45) is 3.46. The maximum atomic E-state index is 14.0. The number of carbonyl (C=O) groups excluding carboxylic acids is 1. The lowest BCUT2D eigenvalue weighted by atomic mass is 9.96. The molecule has 0 bridgehead atoms. The average Bonchev–Trinajstić information content (AvgIpc) is 3.33. The molecule has 1 aliphatic heterocycles. The largest absolute Gasteiger partial charge is 0.493 e. The minimum absolute atomic E-state index is 0.202. The molecule has 0 N–H and O–H groups in total. The molecule has 5 rings (SSSR count). The van der Waals surface area contributed by atoms with E-state index in [-0.39, 0.29) is 12.2 Å². The molecule has 2 heterocycles. The van der Waals surface area contributed by atoms with Crippen molar-refractivity contribution < 1.29 is 23.7 Å². The van der Waals surface area contributed by atoms with E-state index in [2.05, 4.69) is 11.6 Å². The van der Waals surface area contributed by atoms with Gasteiger partial charge in [0.1, 0.15) is 19.0 Å². The van der Waals surface area contributed by atoms with E-state index < -0.39 is 12.0 Å². The Hall–Kier alpha value is -4.89. The molecular weight excluding hydrogens is 576 g/mol. The zero-order valence-electron chi connectivity index (χ0n) is 25.2. The highest BCUT2D eigenvalue weighted by molar-refractivity contribution is 7.07. The molecule has 0 amide bonds. The highest BCUT2D eigenvalue weighted by Crippen LogP contribution is 2.32. The van der Waals surface area contributed by atoms with Crippen molar-refractivity contribution in [3.8, 4) is 17.2 Å². The van der Waals surface area contributed by atoms with Crippen LogP contribution in [0.3, 0.4) is 0 Å². The van der Waals surface area contributed by atoms with Crippen LogP contribution in [0.25, 0.3) is 6.08 Å². The number of esters is 1. The number of hydrogen-bond donors (Lipinski definition) is 0. The summed E-state index contributed by atoms with van der Waals surface area (Å²) in [5, 5.41) is 0. The summed E-state index contributed by atoms with van der Waals surface area (Å²) in [7, 11) is 1.58. The van der Waals surface area contributed by atoms with Crippen molar-refractivity contribution in [2.75, 3.05) is 20.3 Å². The van der Waals surface area contributed by atoms with Gasteiger partial charge in [0.05, 0.1) is 35.6 Å². The second-order valence-electron chi connectivity index (χ2n) is 10.2. The lowest BCUT2D eigenvalue weighted by molar-refractivity contribution is -0.139. The van der Waals surface area contributed by atoms with Crippen LogP contribution >= 0.6 is 11.3 Å². The number of ether oxygens (including phenoxy) is 4. The van der Waals surface area contributed by atoms with Gasteiger partial charge in [0.2, 0.25) is 0 Å². The number of allylic oxidation sites excluding steroid dienone is 1. The van der Waals surface area contributed by atoms with Gasteiger partial charge in [-0.25, -0.2) is 9.79 Å². The zero-order valence-corrected chi connectivity index (χ0v) is 26.0. The molecule has 1 aromatic heterocycles. The second-order valence-corrected chi connectivity index (χ2v) is 11.2. The number of rotatable bonds is 11. The first-order chi connectivity index (χ1) is 21.3. The summed E-state index contributed by atoms with van der Waals surface area (Å²) in [6, 6.07) is 20.3. The predicted octanol–water partition coefficient (Wildman–Crippen LogP) is 5.26. The molecule has 0 radical (unpaired) electrons. The number of carbonyl (C=O) groups is 1. The molecule has 3 aromatic carbocycles. The molecule has 1 aliphatic rings. The lowest BCUT2D eigenvalue weighted by Gasteiger charge is -2.24. The van der Waals surface area contributed by atoms with E-state index in [4.69, 9.17) is 18.9 Å². The molecule has 4 aromatic rings. The Kier molecular flexibility index (Phi) is 9.45. The molecule has 0 aliphatic carbocycles. The Bertz CT molecular complexity index is 1890. The molecule has 0 unspecified atom stereocenters. The van der Waals surface area contributed by atoms with E-state index in [1.165, 1.54) is 16.9 Å². The fourth-order valence-electron chi connectivity index (χ4n) is 4.90.